The zero-order chi connectivity index (χ0) is 9.26. The van der Waals surface area contributed by atoms with E-state index in [2.05, 4.69) is 10.1 Å². The van der Waals surface area contributed by atoms with Crippen LogP contribution in [0.3, 0.4) is 0 Å². The van der Waals surface area contributed by atoms with Crippen molar-refractivity contribution in [2.75, 3.05) is 0 Å². The number of nitrogens with zero attached hydrogens (tertiary/aromatic N) is 3. The van der Waals surface area contributed by atoms with Crippen molar-refractivity contribution in [1.29, 1.82) is 0 Å². The molecule has 2 heterocycles. The van der Waals surface area contributed by atoms with Gasteiger partial charge < -0.3 is 10.2 Å². The lowest BCUT2D eigenvalue weighted by Gasteiger charge is -1.87. The Bertz CT molecular complexity index is 422. The number of rotatable bonds is 1. The Morgan fingerprint density at radius 3 is 3.08 bits per heavy atom. The van der Waals surface area contributed by atoms with Crippen LogP contribution in [0, 0.1) is 0 Å². The summed E-state index contributed by atoms with van der Waals surface area (Å²) in [7, 11) is 0. The van der Waals surface area contributed by atoms with Gasteiger partial charge >= 0.3 is 0 Å². The molecule has 4 heteroatoms. The Labute approximate surface area is 75.7 Å². The van der Waals surface area contributed by atoms with Gasteiger partial charge in [0.1, 0.15) is 11.3 Å². The molecule has 2 N–H and O–H groups in total. The molecule has 0 aliphatic rings. The second kappa shape index (κ2) is 2.90. The summed E-state index contributed by atoms with van der Waals surface area (Å²) in [6, 6.07) is 5.84. The molecule has 0 aliphatic carbocycles. The molecule has 0 atom stereocenters. The number of pyridine rings is 1. The molecule has 0 fully saturated rings. The van der Waals surface area contributed by atoms with Gasteiger partial charge in [0.2, 0.25) is 0 Å². The maximum Gasteiger partial charge on any atom is 0.137 e. The predicted octanol–water partition coefficient (Wildman–Crippen LogP) is 1.02. The monoisotopic (exact) mass is 174 g/mol. The standard InChI is InChI=1S/C9H10N4/c1-7(12-10)8-6-13-5-3-2-4-9(13)11-8/h2-6H,10H2,1H3/b12-7-. The molecule has 0 aliphatic heterocycles. The third kappa shape index (κ3) is 1.26. The number of hydrogen-bond acceptors (Lipinski definition) is 3. The van der Waals surface area contributed by atoms with Gasteiger partial charge in [0.25, 0.3) is 0 Å². The molecule has 0 bridgehead atoms. The van der Waals surface area contributed by atoms with Crippen LogP contribution < -0.4 is 5.84 Å². The SMILES string of the molecule is C/C(=N/N)c1cn2ccccc2n1. The number of aromatic nitrogens is 2. The van der Waals surface area contributed by atoms with Crippen LogP contribution in [0.15, 0.2) is 35.7 Å². The van der Waals surface area contributed by atoms with Crippen molar-refractivity contribution in [2.45, 2.75) is 6.92 Å². The van der Waals surface area contributed by atoms with Gasteiger partial charge in [0.15, 0.2) is 0 Å². The Kier molecular flexibility index (Phi) is 1.73. The highest BCUT2D eigenvalue weighted by atomic mass is 15.1. The minimum absolute atomic E-state index is 0.740. The molecule has 0 spiro atoms. The first-order valence-electron chi connectivity index (χ1n) is 4.00. The minimum Gasteiger partial charge on any atom is -0.323 e. The maximum atomic E-state index is 5.16. The van der Waals surface area contributed by atoms with E-state index < -0.39 is 0 Å². The molecule has 66 valence electrons. The molecular formula is C9H10N4. The summed E-state index contributed by atoms with van der Waals surface area (Å²) in [6.07, 6.45) is 3.84. The Morgan fingerprint density at radius 2 is 2.38 bits per heavy atom. The van der Waals surface area contributed by atoms with Crippen LogP contribution >= 0.6 is 0 Å². The summed E-state index contributed by atoms with van der Waals surface area (Å²) in [4.78, 5) is 4.34. The van der Waals surface area contributed by atoms with Crippen molar-refractivity contribution in [3.63, 3.8) is 0 Å². The highest BCUT2D eigenvalue weighted by Crippen LogP contribution is 2.04. The van der Waals surface area contributed by atoms with E-state index >= 15 is 0 Å². The molecule has 13 heavy (non-hydrogen) atoms. The molecule has 0 aromatic carbocycles. The molecule has 0 unspecified atom stereocenters. The van der Waals surface area contributed by atoms with E-state index in [1.165, 1.54) is 0 Å². The van der Waals surface area contributed by atoms with Gasteiger partial charge in [-0.25, -0.2) is 4.98 Å². The molecule has 0 radical (unpaired) electrons. The second-order valence-corrected chi connectivity index (χ2v) is 2.81. The van der Waals surface area contributed by atoms with Gasteiger partial charge in [-0.1, -0.05) is 6.07 Å². The summed E-state index contributed by atoms with van der Waals surface area (Å²) in [5, 5.41) is 3.59. The Hall–Kier alpha value is -1.84. The predicted molar refractivity (Wildman–Crippen MR) is 51.6 cm³/mol. The zero-order valence-electron chi connectivity index (χ0n) is 7.31. The molecule has 2 rings (SSSR count). The van der Waals surface area contributed by atoms with Crippen molar-refractivity contribution in [1.82, 2.24) is 9.38 Å². The quantitative estimate of drug-likeness (QED) is 0.398. The van der Waals surface area contributed by atoms with Gasteiger partial charge in [-0.15, -0.1) is 0 Å². The van der Waals surface area contributed by atoms with Crippen LogP contribution in [0.2, 0.25) is 0 Å². The summed E-state index contributed by atoms with van der Waals surface area (Å²) in [5.41, 5.74) is 2.46. The highest BCUT2D eigenvalue weighted by molar-refractivity contribution is 5.97. The van der Waals surface area contributed by atoms with E-state index in [1.807, 2.05) is 41.9 Å². The van der Waals surface area contributed by atoms with Crippen LogP contribution in [0.1, 0.15) is 12.6 Å². The molecule has 2 aromatic heterocycles. The molecule has 2 aromatic rings. The fourth-order valence-electron chi connectivity index (χ4n) is 1.18. The number of imidazole rings is 1. The first-order chi connectivity index (χ1) is 6.31. The third-order valence-corrected chi connectivity index (χ3v) is 1.93. The van der Waals surface area contributed by atoms with Crippen LogP contribution in [0.25, 0.3) is 5.65 Å². The number of hydrazone groups is 1. The van der Waals surface area contributed by atoms with Gasteiger partial charge in [0, 0.05) is 12.4 Å². The van der Waals surface area contributed by atoms with E-state index in [0.717, 1.165) is 17.1 Å². The van der Waals surface area contributed by atoms with Crippen molar-refractivity contribution in [3.8, 4) is 0 Å². The summed E-state index contributed by atoms with van der Waals surface area (Å²) < 4.78 is 1.93. The number of hydrogen-bond donors (Lipinski definition) is 1. The van der Waals surface area contributed by atoms with Gasteiger partial charge in [-0.05, 0) is 19.1 Å². The van der Waals surface area contributed by atoms with Gasteiger partial charge in [0.05, 0.1) is 5.71 Å². The number of fused-ring (bicyclic) bond motifs is 1. The normalized spacial score (nSPS) is 12.2. The van der Waals surface area contributed by atoms with Crippen molar-refractivity contribution in [2.24, 2.45) is 10.9 Å². The van der Waals surface area contributed by atoms with Crippen molar-refractivity contribution < 1.29 is 0 Å². The molecule has 4 nitrogen and oxygen atoms in total. The zero-order valence-corrected chi connectivity index (χ0v) is 7.31. The molecule has 0 saturated carbocycles. The van der Waals surface area contributed by atoms with Crippen LogP contribution in [0.5, 0.6) is 0 Å². The van der Waals surface area contributed by atoms with Crippen molar-refractivity contribution in [3.05, 3.63) is 36.3 Å². The fraction of sp³-hybridized carbons (Fsp3) is 0.111. The van der Waals surface area contributed by atoms with E-state index in [9.17, 15) is 0 Å². The average Bonchev–Trinajstić information content (AvgIpc) is 2.59. The lowest BCUT2D eigenvalue weighted by atomic mass is 10.3. The molecular weight excluding hydrogens is 164 g/mol. The highest BCUT2D eigenvalue weighted by Gasteiger charge is 2.02. The smallest absolute Gasteiger partial charge is 0.137 e. The summed E-state index contributed by atoms with van der Waals surface area (Å²) in [6.45, 7) is 1.84. The minimum atomic E-state index is 0.740. The lowest BCUT2D eigenvalue weighted by molar-refractivity contribution is 1.19. The van der Waals surface area contributed by atoms with Crippen LogP contribution in [-0.4, -0.2) is 15.1 Å². The summed E-state index contributed by atoms with van der Waals surface area (Å²) in [5.74, 6) is 5.16. The van der Waals surface area contributed by atoms with E-state index in [-0.39, 0.29) is 0 Å². The van der Waals surface area contributed by atoms with Gasteiger partial charge in [-0.2, -0.15) is 5.10 Å². The average molecular weight is 174 g/mol. The van der Waals surface area contributed by atoms with E-state index in [0.29, 0.717) is 0 Å². The largest absolute Gasteiger partial charge is 0.323 e. The Morgan fingerprint density at radius 1 is 1.54 bits per heavy atom. The third-order valence-electron chi connectivity index (χ3n) is 1.93. The van der Waals surface area contributed by atoms with Crippen LogP contribution in [0.4, 0.5) is 0 Å². The maximum absolute atomic E-state index is 5.16. The summed E-state index contributed by atoms with van der Waals surface area (Å²) >= 11 is 0. The number of nitrogens with two attached hydrogens (primary N) is 1. The molecule has 0 saturated heterocycles. The molecule has 0 amide bonds. The first-order valence-corrected chi connectivity index (χ1v) is 4.00. The Balaban J connectivity index is 2.62. The fourth-order valence-corrected chi connectivity index (χ4v) is 1.18. The topological polar surface area (TPSA) is 55.7 Å². The van der Waals surface area contributed by atoms with Crippen LogP contribution in [-0.2, 0) is 0 Å². The van der Waals surface area contributed by atoms with E-state index in [4.69, 9.17) is 5.84 Å². The van der Waals surface area contributed by atoms with Gasteiger partial charge in [-0.3, -0.25) is 0 Å². The second-order valence-electron chi connectivity index (χ2n) is 2.81. The first kappa shape index (κ1) is 7.79. The van der Waals surface area contributed by atoms with Crippen molar-refractivity contribution >= 4 is 11.4 Å². The van der Waals surface area contributed by atoms with E-state index in [1.54, 1.807) is 0 Å². The lowest BCUT2D eigenvalue weighted by Crippen LogP contribution is -1.98.